The number of carbonyl (C=O) groups excluding carboxylic acids is 1. The lowest BCUT2D eigenvalue weighted by Gasteiger charge is -2.27. The molecule has 7 nitrogen and oxygen atoms in total. The molecule has 0 aliphatic carbocycles. The number of nitrogens with zero attached hydrogens (tertiary/aromatic N) is 4. The Balaban J connectivity index is 1.97. The fourth-order valence-electron chi connectivity index (χ4n) is 2.57. The van der Waals surface area contributed by atoms with E-state index in [-0.39, 0.29) is 6.09 Å². The Hall–Kier alpha value is -1.67. The van der Waals surface area contributed by atoms with Crippen molar-refractivity contribution in [3.8, 4) is 0 Å². The summed E-state index contributed by atoms with van der Waals surface area (Å²) in [4.78, 5) is 14.2. The van der Waals surface area contributed by atoms with Crippen LogP contribution in [0, 0.1) is 0 Å². The van der Waals surface area contributed by atoms with Gasteiger partial charge >= 0.3 is 6.09 Å². The number of hydrogen-bond donors (Lipinski definition) is 0. The summed E-state index contributed by atoms with van der Waals surface area (Å²) in [5.41, 5.74) is 0.295. The molecule has 0 aromatic carbocycles. The molecule has 0 aliphatic heterocycles. The maximum absolute atomic E-state index is 12.4. The van der Waals surface area contributed by atoms with E-state index in [0.717, 1.165) is 28.9 Å². The molecule has 0 spiro atoms. The minimum Gasteiger partial charge on any atom is -0.444 e. The molecule has 0 saturated carbocycles. The number of hydrogen-bond acceptors (Lipinski definition) is 5. The van der Waals surface area contributed by atoms with Crippen LogP contribution in [-0.2, 0) is 15.9 Å². The van der Waals surface area contributed by atoms with Gasteiger partial charge in [-0.25, -0.2) is 4.79 Å². The molecule has 2 aromatic rings. The van der Waals surface area contributed by atoms with Gasteiger partial charge in [-0.15, -0.1) is 10.2 Å². The molecule has 0 saturated heterocycles. The average Bonchev–Trinajstić information content (AvgIpc) is 2.96. The smallest absolute Gasteiger partial charge is 0.410 e. The Kier molecular flexibility index (Phi) is 7.40. The van der Waals surface area contributed by atoms with Crippen molar-refractivity contribution in [2.75, 3.05) is 26.8 Å². The van der Waals surface area contributed by atoms with Crippen molar-refractivity contribution >= 4 is 27.7 Å². The zero-order chi connectivity index (χ0) is 19.2. The normalized spacial score (nSPS) is 11.7. The Morgan fingerprint density at radius 3 is 2.65 bits per heavy atom. The fraction of sp³-hybridized carbons (Fsp3) is 0.611. The number of aromatic nitrogens is 3. The maximum Gasteiger partial charge on any atom is 0.410 e. The van der Waals surface area contributed by atoms with Crippen molar-refractivity contribution in [2.24, 2.45) is 0 Å². The summed E-state index contributed by atoms with van der Waals surface area (Å²) < 4.78 is 13.5. The molecule has 26 heavy (non-hydrogen) atoms. The molecule has 0 radical (unpaired) electrons. The number of rotatable bonds is 8. The summed E-state index contributed by atoms with van der Waals surface area (Å²) in [5, 5.41) is 8.44. The minimum absolute atomic E-state index is 0.291. The lowest BCUT2D eigenvalue weighted by Crippen LogP contribution is -2.38. The van der Waals surface area contributed by atoms with Gasteiger partial charge in [-0.05, 0) is 61.7 Å². The van der Waals surface area contributed by atoms with Crippen LogP contribution in [0.15, 0.2) is 22.8 Å². The summed E-state index contributed by atoms with van der Waals surface area (Å²) >= 11 is 3.53. The zero-order valence-electron chi connectivity index (χ0n) is 15.9. The van der Waals surface area contributed by atoms with E-state index in [1.54, 1.807) is 12.0 Å². The highest BCUT2D eigenvalue weighted by molar-refractivity contribution is 9.10. The van der Waals surface area contributed by atoms with Gasteiger partial charge in [0.05, 0.1) is 4.60 Å². The monoisotopic (exact) mass is 426 g/mol. The van der Waals surface area contributed by atoms with E-state index in [1.807, 2.05) is 43.4 Å². The molecule has 0 aliphatic rings. The fourth-order valence-corrected chi connectivity index (χ4v) is 3.11. The van der Waals surface area contributed by atoms with Crippen LogP contribution in [0.3, 0.4) is 0 Å². The number of amides is 1. The number of ether oxygens (including phenoxy) is 2. The number of pyridine rings is 1. The molecule has 0 fully saturated rings. The first-order valence-corrected chi connectivity index (χ1v) is 9.56. The van der Waals surface area contributed by atoms with E-state index in [0.29, 0.717) is 26.1 Å². The van der Waals surface area contributed by atoms with Gasteiger partial charge in [-0.2, -0.15) is 0 Å². The van der Waals surface area contributed by atoms with Crippen LogP contribution in [-0.4, -0.2) is 58.0 Å². The molecule has 2 aromatic heterocycles. The second-order valence-corrected chi connectivity index (χ2v) is 7.89. The van der Waals surface area contributed by atoms with Gasteiger partial charge in [-0.3, -0.25) is 4.40 Å². The van der Waals surface area contributed by atoms with Gasteiger partial charge < -0.3 is 14.4 Å². The van der Waals surface area contributed by atoms with Crippen molar-refractivity contribution in [1.82, 2.24) is 19.5 Å². The first-order valence-electron chi connectivity index (χ1n) is 8.77. The number of fused-ring (bicyclic) bond motifs is 1. The van der Waals surface area contributed by atoms with Crippen LogP contribution in [0.4, 0.5) is 4.79 Å². The lowest BCUT2D eigenvalue weighted by molar-refractivity contribution is 0.0233. The van der Waals surface area contributed by atoms with E-state index < -0.39 is 5.60 Å². The van der Waals surface area contributed by atoms with Crippen LogP contribution in [0.1, 0.15) is 39.4 Å². The molecule has 0 N–H and O–H groups in total. The third kappa shape index (κ3) is 5.95. The Morgan fingerprint density at radius 2 is 1.96 bits per heavy atom. The molecule has 0 bridgehead atoms. The predicted octanol–water partition coefficient (Wildman–Crippen LogP) is 3.70. The Morgan fingerprint density at radius 1 is 1.23 bits per heavy atom. The molecule has 144 valence electrons. The molecular weight excluding hydrogens is 400 g/mol. The molecule has 0 atom stereocenters. The molecule has 2 rings (SSSR count). The van der Waals surface area contributed by atoms with Crippen molar-refractivity contribution < 1.29 is 14.3 Å². The number of methoxy groups -OCH3 is 1. The number of aryl methyl sites for hydroxylation is 1. The van der Waals surface area contributed by atoms with E-state index in [2.05, 4.69) is 26.1 Å². The second kappa shape index (κ2) is 9.32. The van der Waals surface area contributed by atoms with Crippen LogP contribution >= 0.6 is 15.9 Å². The van der Waals surface area contributed by atoms with Crippen LogP contribution in [0.2, 0.25) is 0 Å². The van der Waals surface area contributed by atoms with Gasteiger partial charge in [-0.1, -0.05) is 6.07 Å². The SMILES string of the molecule is COCCCN(CCCc1nnc2cccc(Br)n12)C(=O)OC(C)(C)C. The molecule has 2 heterocycles. The largest absolute Gasteiger partial charge is 0.444 e. The van der Waals surface area contributed by atoms with E-state index in [4.69, 9.17) is 9.47 Å². The first kappa shape index (κ1) is 20.6. The summed E-state index contributed by atoms with van der Waals surface area (Å²) in [6.45, 7) is 7.43. The predicted molar refractivity (Wildman–Crippen MR) is 103 cm³/mol. The Labute approximate surface area is 162 Å². The van der Waals surface area contributed by atoms with E-state index in [9.17, 15) is 4.79 Å². The summed E-state index contributed by atoms with van der Waals surface area (Å²) in [5.74, 6) is 0.869. The molecule has 1 amide bonds. The van der Waals surface area contributed by atoms with Crippen molar-refractivity contribution in [3.05, 3.63) is 28.6 Å². The molecular formula is C18H27BrN4O3. The van der Waals surface area contributed by atoms with Gasteiger partial charge in [0.25, 0.3) is 0 Å². The van der Waals surface area contributed by atoms with Gasteiger partial charge in [0.1, 0.15) is 11.4 Å². The number of carbonyl (C=O) groups is 1. The second-order valence-electron chi connectivity index (χ2n) is 7.08. The van der Waals surface area contributed by atoms with Gasteiger partial charge in [0.15, 0.2) is 5.65 Å². The van der Waals surface area contributed by atoms with Crippen molar-refractivity contribution in [3.63, 3.8) is 0 Å². The highest BCUT2D eigenvalue weighted by Gasteiger charge is 2.22. The quantitative estimate of drug-likeness (QED) is 0.475. The van der Waals surface area contributed by atoms with Crippen molar-refractivity contribution in [1.29, 1.82) is 0 Å². The summed E-state index contributed by atoms with van der Waals surface area (Å²) in [6, 6.07) is 5.80. The average molecular weight is 427 g/mol. The summed E-state index contributed by atoms with van der Waals surface area (Å²) in [6.07, 6.45) is 1.97. The maximum atomic E-state index is 12.4. The van der Waals surface area contributed by atoms with E-state index in [1.165, 1.54) is 0 Å². The van der Waals surface area contributed by atoms with Gasteiger partial charge in [0, 0.05) is 33.2 Å². The minimum atomic E-state index is -0.509. The van der Waals surface area contributed by atoms with Gasteiger partial charge in [0.2, 0.25) is 0 Å². The first-order chi connectivity index (χ1) is 12.3. The highest BCUT2D eigenvalue weighted by Crippen LogP contribution is 2.16. The molecule has 0 unspecified atom stereocenters. The molecule has 8 heteroatoms. The van der Waals surface area contributed by atoms with E-state index >= 15 is 0 Å². The zero-order valence-corrected chi connectivity index (χ0v) is 17.5. The van der Waals surface area contributed by atoms with Crippen LogP contribution in [0.25, 0.3) is 5.65 Å². The standard InChI is InChI=1S/C18H27BrN4O3/c1-18(2,3)26-17(24)22(12-7-13-25-4)11-6-10-16-21-20-15-9-5-8-14(19)23(15)16/h5,8-9H,6-7,10-13H2,1-4H3. The highest BCUT2D eigenvalue weighted by atomic mass is 79.9. The number of halogens is 1. The van der Waals surface area contributed by atoms with Crippen LogP contribution < -0.4 is 0 Å². The van der Waals surface area contributed by atoms with Crippen LogP contribution in [0.5, 0.6) is 0 Å². The van der Waals surface area contributed by atoms with Crippen molar-refractivity contribution in [2.45, 2.75) is 45.6 Å². The summed E-state index contributed by atoms with van der Waals surface area (Å²) in [7, 11) is 1.66. The lowest BCUT2D eigenvalue weighted by atomic mass is 10.2. The third-order valence-corrected chi connectivity index (χ3v) is 4.32. The third-order valence-electron chi connectivity index (χ3n) is 3.70. The topological polar surface area (TPSA) is 69.0 Å². The Bertz CT molecular complexity index is 727.